The molecular weight excluding hydrogens is 260 g/mol. The lowest BCUT2D eigenvalue weighted by atomic mass is 9.97. The number of carbonyl (C=O) groups is 1. The fourth-order valence-electron chi connectivity index (χ4n) is 3.12. The van der Waals surface area contributed by atoms with Gasteiger partial charge in [-0.15, -0.1) is 0 Å². The first-order valence-corrected chi connectivity index (χ1v) is 8.70. The van der Waals surface area contributed by atoms with Crippen molar-refractivity contribution >= 4 is 17.7 Å². The van der Waals surface area contributed by atoms with Gasteiger partial charge < -0.3 is 14.5 Å². The van der Waals surface area contributed by atoms with Gasteiger partial charge in [-0.3, -0.25) is 4.79 Å². The third-order valence-corrected chi connectivity index (χ3v) is 5.07. The maximum atomic E-state index is 12.5. The lowest BCUT2D eigenvalue weighted by Crippen LogP contribution is -2.61. The van der Waals surface area contributed by atoms with E-state index in [1.807, 2.05) is 6.92 Å². The van der Waals surface area contributed by atoms with E-state index in [4.69, 9.17) is 4.74 Å². The number of rotatable bonds is 4. The van der Waals surface area contributed by atoms with Gasteiger partial charge in [0.05, 0.1) is 18.8 Å². The summed E-state index contributed by atoms with van der Waals surface area (Å²) in [6.07, 6.45) is 3.33. The van der Waals surface area contributed by atoms with Gasteiger partial charge in [0.1, 0.15) is 0 Å². The minimum absolute atomic E-state index is 0.123. The molecule has 0 radical (unpaired) electrons. The predicted octanol–water partition coefficient (Wildman–Crippen LogP) is 1.31. The van der Waals surface area contributed by atoms with Gasteiger partial charge in [0.15, 0.2) is 0 Å². The molecule has 0 bridgehead atoms. The smallest absolute Gasteiger partial charge is 0.226 e. The lowest BCUT2D eigenvalue weighted by Gasteiger charge is -2.47. The number of likely N-dealkylation sites (tertiary alicyclic amines) is 1. The average molecular weight is 286 g/mol. The van der Waals surface area contributed by atoms with E-state index >= 15 is 0 Å². The molecule has 0 spiro atoms. The van der Waals surface area contributed by atoms with E-state index in [1.165, 1.54) is 0 Å². The summed E-state index contributed by atoms with van der Waals surface area (Å²) in [6.45, 7) is 8.82. The summed E-state index contributed by atoms with van der Waals surface area (Å²) >= 11 is 1.75. The van der Waals surface area contributed by atoms with Gasteiger partial charge in [-0.1, -0.05) is 13.8 Å². The fraction of sp³-hybridized carbons (Fsp3) is 0.929. The number of nitrogens with zero attached hydrogens (tertiary/aromatic N) is 2. The summed E-state index contributed by atoms with van der Waals surface area (Å²) in [7, 11) is 0. The molecule has 2 rings (SSSR count). The van der Waals surface area contributed by atoms with E-state index in [0.29, 0.717) is 18.6 Å². The van der Waals surface area contributed by atoms with Gasteiger partial charge in [-0.2, -0.15) is 11.8 Å². The second-order valence-corrected chi connectivity index (χ2v) is 6.46. The molecule has 110 valence electrons. The Morgan fingerprint density at radius 1 is 1.47 bits per heavy atom. The van der Waals surface area contributed by atoms with Gasteiger partial charge in [0, 0.05) is 31.3 Å². The summed E-state index contributed by atoms with van der Waals surface area (Å²) in [5.74, 6) is 1.35. The minimum Gasteiger partial charge on any atom is -0.373 e. The number of ether oxygens (including phenoxy) is 1. The Hall–Kier alpha value is -0.260. The van der Waals surface area contributed by atoms with Gasteiger partial charge in [-0.25, -0.2) is 0 Å². The molecule has 0 saturated carbocycles. The third kappa shape index (κ3) is 3.44. The molecule has 2 saturated heterocycles. The summed E-state index contributed by atoms with van der Waals surface area (Å²) in [5, 5.41) is 0. The van der Waals surface area contributed by atoms with Crippen molar-refractivity contribution in [1.82, 2.24) is 9.80 Å². The number of fused-ring (bicyclic) bond motifs is 1. The molecule has 0 aromatic carbocycles. The second-order valence-electron chi connectivity index (χ2n) is 5.55. The molecule has 3 atom stereocenters. The summed E-state index contributed by atoms with van der Waals surface area (Å²) in [4.78, 5) is 17.1. The highest BCUT2D eigenvalue weighted by Crippen LogP contribution is 2.25. The van der Waals surface area contributed by atoms with Crippen molar-refractivity contribution in [2.45, 2.75) is 32.4 Å². The molecule has 0 aromatic rings. The molecule has 5 heteroatoms. The quantitative estimate of drug-likeness (QED) is 0.780. The van der Waals surface area contributed by atoms with Gasteiger partial charge in [0.25, 0.3) is 0 Å². The Balaban J connectivity index is 2.00. The van der Waals surface area contributed by atoms with Crippen molar-refractivity contribution in [1.29, 1.82) is 0 Å². The highest BCUT2D eigenvalue weighted by atomic mass is 32.2. The van der Waals surface area contributed by atoms with Crippen LogP contribution in [0.3, 0.4) is 0 Å². The number of thioether (sulfide) groups is 1. The zero-order valence-corrected chi connectivity index (χ0v) is 13.1. The molecule has 0 aliphatic carbocycles. The molecule has 2 aliphatic heterocycles. The Morgan fingerprint density at radius 3 is 2.95 bits per heavy atom. The molecule has 19 heavy (non-hydrogen) atoms. The van der Waals surface area contributed by atoms with Crippen molar-refractivity contribution in [2.24, 2.45) is 5.92 Å². The van der Waals surface area contributed by atoms with E-state index in [0.717, 1.165) is 38.4 Å². The second kappa shape index (κ2) is 6.95. The topological polar surface area (TPSA) is 32.8 Å². The van der Waals surface area contributed by atoms with Crippen LogP contribution in [0.2, 0.25) is 0 Å². The van der Waals surface area contributed by atoms with Gasteiger partial charge in [-0.05, 0) is 19.2 Å². The zero-order valence-electron chi connectivity index (χ0n) is 12.3. The Labute approximate surface area is 120 Å². The van der Waals surface area contributed by atoms with Crippen LogP contribution in [0.15, 0.2) is 0 Å². The van der Waals surface area contributed by atoms with Crippen LogP contribution in [-0.2, 0) is 9.53 Å². The van der Waals surface area contributed by atoms with Crippen LogP contribution in [0.5, 0.6) is 0 Å². The first kappa shape index (κ1) is 15.1. The average Bonchev–Trinajstić information content (AvgIpc) is 2.45. The molecular formula is C14H26N2O2S. The molecule has 2 aliphatic rings. The van der Waals surface area contributed by atoms with Crippen molar-refractivity contribution in [3.63, 3.8) is 0 Å². The van der Waals surface area contributed by atoms with E-state index < -0.39 is 0 Å². The first-order chi connectivity index (χ1) is 9.17. The first-order valence-electron chi connectivity index (χ1n) is 7.30. The Morgan fingerprint density at radius 2 is 2.26 bits per heavy atom. The number of hydrogen-bond donors (Lipinski definition) is 0. The number of likely N-dealkylation sites (N-methyl/N-ethyl adjacent to an activating group) is 1. The standard InChI is InChI=1S/C14H26N2O2S/c1-4-15-6-5-12-13(9-15)18-8-7-16(12)14(17)11(2)10-19-3/h11-13H,4-10H2,1-3H3/t11-,12+,13-/m0/s1. The number of morpholine rings is 1. The van der Waals surface area contributed by atoms with Crippen molar-refractivity contribution in [3.8, 4) is 0 Å². The largest absolute Gasteiger partial charge is 0.373 e. The van der Waals surface area contributed by atoms with Crippen molar-refractivity contribution < 1.29 is 9.53 Å². The molecule has 2 heterocycles. The number of amides is 1. The van der Waals surface area contributed by atoms with Gasteiger partial charge >= 0.3 is 0 Å². The molecule has 0 aromatic heterocycles. The highest BCUT2D eigenvalue weighted by Gasteiger charge is 2.39. The van der Waals surface area contributed by atoms with Crippen molar-refractivity contribution in [3.05, 3.63) is 0 Å². The number of carbonyl (C=O) groups excluding carboxylic acids is 1. The van der Waals surface area contributed by atoms with E-state index in [-0.39, 0.29) is 12.0 Å². The predicted molar refractivity (Wildman–Crippen MR) is 79.5 cm³/mol. The highest BCUT2D eigenvalue weighted by molar-refractivity contribution is 7.98. The molecule has 0 unspecified atom stereocenters. The monoisotopic (exact) mass is 286 g/mol. The molecule has 4 nitrogen and oxygen atoms in total. The van der Waals surface area contributed by atoms with Crippen LogP contribution < -0.4 is 0 Å². The number of hydrogen-bond acceptors (Lipinski definition) is 4. The summed E-state index contributed by atoms with van der Waals surface area (Å²) in [5.41, 5.74) is 0. The molecule has 1 amide bonds. The maximum absolute atomic E-state index is 12.5. The maximum Gasteiger partial charge on any atom is 0.226 e. The minimum atomic E-state index is 0.123. The zero-order chi connectivity index (χ0) is 13.8. The van der Waals surface area contributed by atoms with Crippen LogP contribution >= 0.6 is 11.8 Å². The van der Waals surface area contributed by atoms with Crippen LogP contribution in [-0.4, -0.2) is 72.6 Å². The lowest BCUT2D eigenvalue weighted by molar-refractivity contribution is -0.155. The van der Waals surface area contributed by atoms with Crippen LogP contribution in [0.25, 0.3) is 0 Å². The van der Waals surface area contributed by atoms with Crippen LogP contribution in [0, 0.1) is 5.92 Å². The SMILES string of the molecule is CCN1CC[C@@H]2[C@H](C1)OCCN2C(=O)[C@@H](C)CSC. The van der Waals surface area contributed by atoms with E-state index in [9.17, 15) is 4.79 Å². The van der Waals surface area contributed by atoms with Crippen LogP contribution in [0.4, 0.5) is 0 Å². The fourth-order valence-corrected chi connectivity index (χ4v) is 3.76. The van der Waals surface area contributed by atoms with E-state index in [1.54, 1.807) is 11.8 Å². The third-order valence-electron chi connectivity index (χ3n) is 4.24. The normalized spacial score (nSPS) is 29.9. The van der Waals surface area contributed by atoms with Crippen molar-refractivity contribution in [2.75, 3.05) is 44.8 Å². The van der Waals surface area contributed by atoms with E-state index in [2.05, 4.69) is 23.0 Å². The Kier molecular flexibility index (Phi) is 5.54. The summed E-state index contributed by atoms with van der Waals surface area (Å²) < 4.78 is 5.89. The van der Waals surface area contributed by atoms with Gasteiger partial charge in [0.2, 0.25) is 5.91 Å². The molecule has 0 N–H and O–H groups in total. The Bertz CT molecular complexity index is 314. The summed E-state index contributed by atoms with van der Waals surface area (Å²) in [6, 6.07) is 0.299. The molecule has 2 fully saturated rings. The van der Waals surface area contributed by atoms with Crippen LogP contribution in [0.1, 0.15) is 20.3 Å². The number of piperidine rings is 1.